The summed E-state index contributed by atoms with van der Waals surface area (Å²) in [5.74, 6) is -0.0923. The van der Waals surface area contributed by atoms with E-state index in [4.69, 9.17) is 21.4 Å². The van der Waals surface area contributed by atoms with Crippen LogP contribution in [0.1, 0.15) is 29.5 Å². The van der Waals surface area contributed by atoms with Gasteiger partial charge in [-0.25, -0.2) is 9.37 Å². The van der Waals surface area contributed by atoms with E-state index < -0.39 is 5.82 Å². The van der Waals surface area contributed by atoms with E-state index in [9.17, 15) is 9.65 Å². The highest BCUT2D eigenvalue weighted by Gasteiger charge is 2.23. The topological polar surface area (TPSA) is 126 Å². The maximum absolute atomic E-state index is 14.6. The van der Waals surface area contributed by atoms with Gasteiger partial charge in [-0.3, -0.25) is 0 Å². The van der Waals surface area contributed by atoms with Crippen molar-refractivity contribution in [3.8, 4) is 34.5 Å². The van der Waals surface area contributed by atoms with Crippen LogP contribution in [0.2, 0.25) is 0 Å². The molecule has 0 atom stereocenters. The number of nitrogens with zero attached hydrogens (tertiary/aromatic N) is 4. The third kappa shape index (κ3) is 4.32. The molecule has 1 aliphatic rings. The number of pyridine rings is 1. The maximum Gasteiger partial charge on any atom is 0.147 e. The summed E-state index contributed by atoms with van der Waals surface area (Å²) >= 11 is 0. The molecule has 0 radical (unpaired) electrons. The molecule has 0 unspecified atom stereocenters. The van der Waals surface area contributed by atoms with Gasteiger partial charge >= 0.3 is 0 Å². The van der Waals surface area contributed by atoms with E-state index in [2.05, 4.69) is 11.4 Å². The molecule has 1 aliphatic heterocycles. The number of anilines is 2. The molecule has 0 aliphatic carbocycles. The van der Waals surface area contributed by atoms with Crippen LogP contribution in [-0.2, 0) is 0 Å². The highest BCUT2D eigenvalue weighted by Crippen LogP contribution is 2.37. The van der Waals surface area contributed by atoms with Crippen molar-refractivity contribution in [3.05, 3.63) is 65.0 Å². The third-order valence-corrected chi connectivity index (χ3v) is 6.11. The largest absolute Gasteiger partial charge is 0.388 e. The molecule has 2 heterocycles. The highest BCUT2D eigenvalue weighted by atomic mass is 19.1. The predicted octanol–water partition coefficient (Wildman–Crippen LogP) is 4.26. The fourth-order valence-electron chi connectivity index (χ4n) is 4.21. The number of nitrogens with two attached hydrogens (primary N) is 1. The minimum atomic E-state index is -0.631. The van der Waals surface area contributed by atoms with Crippen molar-refractivity contribution < 1.29 is 4.39 Å². The second-order valence-electron chi connectivity index (χ2n) is 8.19. The molecule has 4 N–H and O–H groups in total. The van der Waals surface area contributed by atoms with Crippen LogP contribution >= 0.6 is 0 Å². The van der Waals surface area contributed by atoms with Crippen LogP contribution in [0.25, 0.3) is 22.4 Å². The first-order valence-corrected chi connectivity index (χ1v) is 11.0. The Balaban J connectivity index is 1.95. The first kappa shape index (κ1) is 22.9. The molecule has 2 aromatic carbocycles. The minimum Gasteiger partial charge on any atom is -0.388 e. The smallest absolute Gasteiger partial charge is 0.147 e. The lowest BCUT2D eigenvalue weighted by Crippen LogP contribution is -2.40. The van der Waals surface area contributed by atoms with Gasteiger partial charge in [0, 0.05) is 54.8 Å². The standard InChI is InChI=1S/C26H24FN7/c1-32-24-5-4-16(10-19(24)14-29)22-11-20(15-30)26(34-8-6-21(31)7-9-34)33-25(22)17-2-3-18(13-28)23(27)12-17/h2-5,10-12,14,21,29,32H,6-9,31H2,1H3. The van der Waals surface area contributed by atoms with Gasteiger partial charge in [0.05, 0.1) is 16.8 Å². The number of hydrogen-bond donors (Lipinski definition) is 3. The Labute approximate surface area is 197 Å². The van der Waals surface area contributed by atoms with Crippen molar-refractivity contribution in [3.63, 3.8) is 0 Å². The van der Waals surface area contributed by atoms with E-state index >= 15 is 0 Å². The second kappa shape index (κ2) is 9.70. The average Bonchev–Trinajstić information content (AvgIpc) is 2.88. The van der Waals surface area contributed by atoms with Crippen molar-refractivity contribution in [2.75, 3.05) is 30.4 Å². The maximum atomic E-state index is 14.6. The Kier molecular flexibility index (Phi) is 6.53. The molecule has 170 valence electrons. The molecule has 7 nitrogen and oxygen atoms in total. The molecule has 3 aromatic rings. The number of nitriles is 2. The van der Waals surface area contributed by atoms with Crippen LogP contribution in [0.5, 0.6) is 0 Å². The van der Waals surface area contributed by atoms with E-state index in [1.54, 1.807) is 19.2 Å². The third-order valence-electron chi connectivity index (χ3n) is 6.11. The van der Waals surface area contributed by atoms with E-state index in [0.717, 1.165) is 24.1 Å². The zero-order chi connectivity index (χ0) is 24.2. The Hall–Kier alpha value is -4.27. The van der Waals surface area contributed by atoms with E-state index in [1.165, 1.54) is 18.3 Å². The fraction of sp³-hybridized carbons (Fsp3) is 0.231. The summed E-state index contributed by atoms with van der Waals surface area (Å²) in [7, 11) is 1.78. The van der Waals surface area contributed by atoms with Crippen LogP contribution in [0.15, 0.2) is 42.5 Å². The van der Waals surface area contributed by atoms with Gasteiger partial charge in [-0.15, -0.1) is 0 Å². The molecule has 4 rings (SSSR count). The van der Waals surface area contributed by atoms with Gasteiger partial charge in [0.1, 0.15) is 23.8 Å². The van der Waals surface area contributed by atoms with Crippen molar-refractivity contribution in [1.29, 1.82) is 15.9 Å². The van der Waals surface area contributed by atoms with E-state index in [0.29, 0.717) is 46.9 Å². The molecule has 0 amide bonds. The SMILES string of the molecule is CNc1ccc(-c2cc(C#N)c(N3CCC(N)CC3)nc2-c2ccc(C#N)c(F)c2)cc1C=N. The van der Waals surface area contributed by atoms with Crippen molar-refractivity contribution in [2.45, 2.75) is 18.9 Å². The Bertz CT molecular complexity index is 1330. The number of rotatable bonds is 5. The minimum absolute atomic E-state index is 0.0475. The lowest BCUT2D eigenvalue weighted by Gasteiger charge is -2.32. The van der Waals surface area contributed by atoms with Crippen LogP contribution in [0.3, 0.4) is 0 Å². The molecule has 1 saturated heterocycles. The highest BCUT2D eigenvalue weighted by molar-refractivity contribution is 5.91. The molecule has 0 spiro atoms. The summed E-state index contributed by atoms with van der Waals surface area (Å²) in [5, 5.41) is 29.9. The van der Waals surface area contributed by atoms with E-state index in [-0.39, 0.29) is 11.6 Å². The van der Waals surface area contributed by atoms with Crippen LogP contribution in [0.4, 0.5) is 15.9 Å². The number of aromatic nitrogens is 1. The molecule has 1 aromatic heterocycles. The average molecular weight is 454 g/mol. The van der Waals surface area contributed by atoms with Gasteiger partial charge in [0.25, 0.3) is 0 Å². The van der Waals surface area contributed by atoms with Crippen LogP contribution < -0.4 is 16.0 Å². The van der Waals surface area contributed by atoms with Gasteiger partial charge in [-0.05, 0) is 48.7 Å². The van der Waals surface area contributed by atoms with Crippen LogP contribution in [0, 0.1) is 33.9 Å². The Morgan fingerprint density at radius 3 is 2.41 bits per heavy atom. The number of benzene rings is 2. The number of halogens is 1. The first-order valence-electron chi connectivity index (χ1n) is 11.0. The fourth-order valence-corrected chi connectivity index (χ4v) is 4.21. The van der Waals surface area contributed by atoms with Crippen molar-refractivity contribution in [1.82, 2.24) is 4.98 Å². The monoisotopic (exact) mass is 453 g/mol. The summed E-state index contributed by atoms with van der Waals surface area (Å²) in [6.45, 7) is 1.36. The predicted molar refractivity (Wildman–Crippen MR) is 131 cm³/mol. The zero-order valence-electron chi connectivity index (χ0n) is 18.8. The molecular formula is C26H24FN7. The van der Waals surface area contributed by atoms with Gasteiger partial charge in [0.2, 0.25) is 0 Å². The second-order valence-corrected chi connectivity index (χ2v) is 8.19. The molecule has 1 fully saturated rings. The molecule has 0 saturated carbocycles. The summed E-state index contributed by atoms with van der Waals surface area (Å²) < 4.78 is 14.6. The summed E-state index contributed by atoms with van der Waals surface area (Å²) in [4.78, 5) is 6.92. The number of piperidine rings is 1. The van der Waals surface area contributed by atoms with Crippen LogP contribution in [-0.4, -0.2) is 37.4 Å². The van der Waals surface area contributed by atoms with Gasteiger partial charge in [-0.2, -0.15) is 10.5 Å². The molecule has 0 bridgehead atoms. The van der Waals surface area contributed by atoms with Gasteiger partial charge < -0.3 is 21.4 Å². The summed E-state index contributed by atoms with van der Waals surface area (Å²) in [5.41, 5.74) is 10.3. The zero-order valence-corrected chi connectivity index (χ0v) is 18.8. The summed E-state index contributed by atoms with van der Waals surface area (Å²) in [6, 6.07) is 15.9. The number of hydrogen-bond acceptors (Lipinski definition) is 7. The number of nitrogens with one attached hydrogen (secondary N) is 2. The van der Waals surface area contributed by atoms with Crippen molar-refractivity contribution >= 4 is 17.7 Å². The Morgan fingerprint density at radius 2 is 1.79 bits per heavy atom. The molecular weight excluding hydrogens is 429 g/mol. The first-order chi connectivity index (χ1) is 16.5. The van der Waals surface area contributed by atoms with E-state index in [1.807, 2.05) is 29.2 Å². The molecule has 34 heavy (non-hydrogen) atoms. The Morgan fingerprint density at radius 1 is 1.09 bits per heavy atom. The normalized spacial score (nSPS) is 13.7. The quantitative estimate of drug-likeness (QED) is 0.496. The van der Waals surface area contributed by atoms with Gasteiger partial charge in [0.15, 0.2) is 0 Å². The molecule has 8 heteroatoms. The summed E-state index contributed by atoms with van der Waals surface area (Å²) in [6.07, 6.45) is 2.84. The van der Waals surface area contributed by atoms with Gasteiger partial charge in [-0.1, -0.05) is 12.1 Å². The lowest BCUT2D eigenvalue weighted by atomic mass is 9.95. The van der Waals surface area contributed by atoms with Crippen molar-refractivity contribution in [2.24, 2.45) is 5.73 Å². The lowest BCUT2D eigenvalue weighted by molar-refractivity contribution is 0.498.